The molecule has 2 aromatic carbocycles. The molecule has 118 valence electrons. The number of hydrogen-bond acceptors (Lipinski definition) is 3. The van der Waals surface area contributed by atoms with Crippen LogP contribution in [-0.2, 0) is 0 Å². The van der Waals surface area contributed by atoms with E-state index in [1.54, 1.807) is 4.57 Å². The fourth-order valence-electron chi connectivity index (χ4n) is 2.92. The van der Waals surface area contributed by atoms with E-state index in [2.05, 4.69) is 9.98 Å². The average molecular weight is 333 g/mol. The van der Waals surface area contributed by atoms with Crippen molar-refractivity contribution in [2.45, 2.75) is 6.92 Å². The molecule has 0 amide bonds. The zero-order valence-electron chi connectivity index (χ0n) is 13.0. The number of benzene rings is 2. The average Bonchev–Trinajstić information content (AvgIpc) is 3.05. The van der Waals surface area contributed by atoms with E-state index in [1.165, 1.54) is 0 Å². The highest BCUT2D eigenvalue weighted by Crippen LogP contribution is 2.36. The van der Waals surface area contributed by atoms with Gasteiger partial charge in [0.25, 0.3) is 0 Å². The van der Waals surface area contributed by atoms with Gasteiger partial charge in [-0.15, -0.1) is 0 Å². The molecule has 0 atom stereocenters. The number of allylic oxidation sites excluding steroid dienone is 1. The molecule has 24 heavy (non-hydrogen) atoms. The molecule has 5 heteroatoms. The number of fused-ring (bicyclic) bond motifs is 1. The lowest BCUT2D eigenvalue weighted by molar-refractivity contribution is 0.441. The third kappa shape index (κ3) is 2.30. The molecular formula is C19H15N3OS. The largest absolute Gasteiger partial charge is 0.493 e. The van der Waals surface area contributed by atoms with Gasteiger partial charge >= 0.3 is 0 Å². The lowest BCUT2D eigenvalue weighted by Gasteiger charge is -2.04. The minimum Gasteiger partial charge on any atom is -0.493 e. The Labute approximate surface area is 144 Å². The topological polar surface area (TPSA) is 53.3 Å². The van der Waals surface area contributed by atoms with Gasteiger partial charge in [-0.2, -0.15) is 0 Å². The van der Waals surface area contributed by atoms with Crippen LogP contribution in [0.25, 0.3) is 17.3 Å². The number of nitrogens with one attached hydrogen (secondary N) is 1. The molecule has 2 N–H and O–H groups in total. The molecule has 0 saturated carbocycles. The smallest absolute Gasteiger partial charge is 0.222 e. The van der Waals surface area contributed by atoms with Crippen molar-refractivity contribution in [2.24, 2.45) is 4.99 Å². The Balaban J connectivity index is 1.86. The summed E-state index contributed by atoms with van der Waals surface area (Å²) < 4.78 is 2.07. The zero-order chi connectivity index (χ0) is 16.7. The Morgan fingerprint density at radius 1 is 1.08 bits per heavy atom. The van der Waals surface area contributed by atoms with E-state index in [0.29, 0.717) is 10.5 Å². The third-order valence-corrected chi connectivity index (χ3v) is 4.36. The minimum atomic E-state index is 0.0934. The maximum absolute atomic E-state index is 10.6. The number of para-hydroxylation sites is 2. The Hall–Kier alpha value is -2.92. The number of H-pyrrole nitrogens is 1. The van der Waals surface area contributed by atoms with Gasteiger partial charge in [0.15, 0.2) is 4.77 Å². The molecule has 3 aromatic rings. The first kappa shape index (κ1) is 14.7. The highest BCUT2D eigenvalue weighted by molar-refractivity contribution is 7.71. The van der Waals surface area contributed by atoms with Gasteiger partial charge in [-0.05, 0) is 43.4 Å². The highest BCUT2D eigenvalue weighted by atomic mass is 32.1. The number of rotatable bonds is 2. The van der Waals surface area contributed by atoms with E-state index in [9.17, 15) is 5.11 Å². The minimum absolute atomic E-state index is 0.0934. The lowest BCUT2D eigenvalue weighted by atomic mass is 10.0. The fourth-order valence-corrected chi connectivity index (χ4v) is 3.22. The molecule has 0 aliphatic carbocycles. The Kier molecular flexibility index (Phi) is 3.43. The first-order chi connectivity index (χ1) is 11.6. The van der Waals surface area contributed by atoms with Crippen molar-refractivity contribution < 1.29 is 5.11 Å². The molecule has 1 aromatic heterocycles. The summed E-state index contributed by atoms with van der Waals surface area (Å²) in [6.07, 6.45) is 1.90. The van der Waals surface area contributed by atoms with Crippen molar-refractivity contribution in [1.29, 1.82) is 0 Å². The van der Waals surface area contributed by atoms with Crippen molar-refractivity contribution in [1.82, 2.24) is 9.55 Å². The number of hydrogen-bond donors (Lipinski definition) is 2. The van der Waals surface area contributed by atoms with Gasteiger partial charge < -0.3 is 10.1 Å². The van der Waals surface area contributed by atoms with E-state index in [-0.39, 0.29) is 5.88 Å². The van der Waals surface area contributed by atoms with Gasteiger partial charge in [-0.1, -0.05) is 36.4 Å². The van der Waals surface area contributed by atoms with Crippen molar-refractivity contribution in [3.8, 4) is 11.6 Å². The van der Waals surface area contributed by atoms with Gasteiger partial charge in [0.2, 0.25) is 5.88 Å². The number of imidazole rings is 1. The molecule has 0 bridgehead atoms. The van der Waals surface area contributed by atoms with Crippen LogP contribution in [0.15, 0.2) is 59.6 Å². The number of aromatic nitrogens is 2. The summed E-state index contributed by atoms with van der Waals surface area (Å²) in [6, 6.07) is 17.5. The Bertz CT molecular complexity index is 1040. The normalized spacial score (nSPS) is 14.7. The summed E-state index contributed by atoms with van der Waals surface area (Å²) >= 11 is 5.38. The fraction of sp³-hybridized carbons (Fsp3) is 0.0526. The first-order valence-electron chi connectivity index (χ1n) is 7.61. The van der Waals surface area contributed by atoms with Crippen LogP contribution < -0.4 is 0 Å². The molecule has 0 spiro atoms. The second-order valence-corrected chi connectivity index (χ2v) is 6.00. The predicted molar refractivity (Wildman–Crippen MR) is 99.7 cm³/mol. The molecular weight excluding hydrogens is 318 g/mol. The van der Waals surface area contributed by atoms with E-state index < -0.39 is 0 Å². The summed E-state index contributed by atoms with van der Waals surface area (Å²) in [7, 11) is 0. The molecule has 0 fully saturated rings. The summed E-state index contributed by atoms with van der Waals surface area (Å²) in [5.41, 5.74) is 5.30. The molecule has 4 nitrogen and oxygen atoms in total. The predicted octanol–water partition coefficient (Wildman–Crippen LogP) is 4.89. The van der Waals surface area contributed by atoms with Crippen molar-refractivity contribution in [2.75, 3.05) is 0 Å². The van der Waals surface area contributed by atoms with Gasteiger partial charge in [0, 0.05) is 16.8 Å². The molecule has 0 unspecified atom stereocenters. The van der Waals surface area contributed by atoms with E-state index in [1.807, 2.05) is 67.6 Å². The summed E-state index contributed by atoms with van der Waals surface area (Å²) in [6.45, 7) is 1.96. The van der Waals surface area contributed by atoms with Gasteiger partial charge in [0.1, 0.15) is 5.69 Å². The SMILES string of the molecule is CC1=Nc2ccccc2C1=Cc1[nH]c(=S)n(-c2ccccc2)c1O. The van der Waals surface area contributed by atoms with Crippen LogP contribution in [0.2, 0.25) is 0 Å². The van der Waals surface area contributed by atoms with Crippen molar-refractivity contribution in [3.63, 3.8) is 0 Å². The van der Waals surface area contributed by atoms with Crippen LogP contribution in [0.4, 0.5) is 5.69 Å². The van der Waals surface area contributed by atoms with Gasteiger partial charge in [-0.25, -0.2) is 0 Å². The summed E-state index contributed by atoms with van der Waals surface area (Å²) in [5.74, 6) is 0.0934. The van der Waals surface area contributed by atoms with Crippen LogP contribution in [0.1, 0.15) is 18.2 Å². The monoisotopic (exact) mass is 333 g/mol. The molecule has 1 aliphatic heterocycles. The maximum Gasteiger partial charge on any atom is 0.222 e. The molecule has 2 heterocycles. The standard InChI is InChI=1S/C19H15N3OS/c1-12-15(14-9-5-6-10-16(14)20-12)11-17-18(23)22(19(24)21-17)13-7-3-2-4-8-13/h2-11,23H,1H3,(H,21,24). The first-order valence-corrected chi connectivity index (χ1v) is 8.02. The van der Waals surface area contributed by atoms with Crippen LogP contribution in [0, 0.1) is 4.77 Å². The molecule has 0 saturated heterocycles. The van der Waals surface area contributed by atoms with E-state index in [0.717, 1.165) is 28.2 Å². The number of aromatic hydroxyl groups is 1. The van der Waals surface area contributed by atoms with Crippen LogP contribution in [0.3, 0.4) is 0 Å². The Morgan fingerprint density at radius 3 is 2.58 bits per heavy atom. The van der Waals surface area contributed by atoms with Crippen LogP contribution >= 0.6 is 12.2 Å². The third-order valence-electron chi connectivity index (χ3n) is 4.07. The zero-order valence-corrected chi connectivity index (χ0v) is 13.8. The highest BCUT2D eigenvalue weighted by Gasteiger charge is 2.19. The van der Waals surface area contributed by atoms with Crippen LogP contribution in [0.5, 0.6) is 5.88 Å². The van der Waals surface area contributed by atoms with Crippen LogP contribution in [-0.4, -0.2) is 20.4 Å². The Morgan fingerprint density at radius 2 is 1.79 bits per heavy atom. The van der Waals surface area contributed by atoms with E-state index >= 15 is 0 Å². The molecule has 0 radical (unpaired) electrons. The maximum atomic E-state index is 10.6. The lowest BCUT2D eigenvalue weighted by Crippen LogP contribution is -1.93. The molecule has 4 rings (SSSR count). The number of aromatic amines is 1. The van der Waals surface area contributed by atoms with E-state index in [4.69, 9.17) is 12.2 Å². The summed E-state index contributed by atoms with van der Waals surface area (Å²) in [5, 5.41) is 10.6. The number of aliphatic imine (C=N–C) groups is 1. The van der Waals surface area contributed by atoms with Gasteiger partial charge in [-0.3, -0.25) is 9.56 Å². The van der Waals surface area contributed by atoms with Crippen molar-refractivity contribution >= 4 is 35.3 Å². The number of nitrogens with zero attached hydrogens (tertiary/aromatic N) is 2. The summed E-state index contributed by atoms with van der Waals surface area (Å²) in [4.78, 5) is 7.65. The van der Waals surface area contributed by atoms with Crippen molar-refractivity contribution in [3.05, 3.63) is 70.6 Å². The second kappa shape index (κ2) is 5.62. The second-order valence-electron chi connectivity index (χ2n) is 5.61. The van der Waals surface area contributed by atoms with Gasteiger partial charge in [0.05, 0.1) is 11.4 Å². The molecule has 1 aliphatic rings. The quantitative estimate of drug-likeness (QED) is 0.656.